The number of benzene rings is 1. The predicted molar refractivity (Wildman–Crippen MR) is 91.7 cm³/mol. The normalized spacial score (nSPS) is 12.8. The van der Waals surface area contributed by atoms with Crippen molar-refractivity contribution >= 4 is 0 Å². The molecule has 0 heterocycles. The summed E-state index contributed by atoms with van der Waals surface area (Å²) in [5, 5.41) is 3.36. The summed E-state index contributed by atoms with van der Waals surface area (Å²) in [6.07, 6.45) is 6.21. The highest BCUT2D eigenvalue weighted by atomic mass is 16.5. The van der Waals surface area contributed by atoms with E-state index in [9.17, 15) is 0 Å². The number of unbranched alkanes of at least 4 members (excludes halogenated alkanes) is 3. The van der Waals surface area contributed by atoms with E-state index in [1.807, 2.05) is 7.05 Å². The van der Waals surface area contributed by atoms with Gasteiger partial charge in [-0.25, -0.2) is 0 Å². The maximum atomic E-state index is 5.82. The average Bonchev–Trinajstić information content (AvgIpc) is 2.47. The Bertz CT molecular complexity index is 358. The third-order valence-corrected chi connectivity index (χ3v) is 3.80. The molecule has 0 saturated carbocycles. The first-order valence-electron chi connectivity index (χ1n) is 8.51. The zero-order chi connectivity index (χ0) is 15.5. The first-order chi connectivity index (χ1) is 10.2. The van der Waals surface area contributed by atoms with Gasteiger partial charge in [-0.2, -0.15) is 0 Å². The van der Waals surface area contributed by atoms with Crippen molar-refractivity contribution < 1.29 is 4.74 Å². The van der Waals surface area contributed by atoms with Crippen LogP contribution in [0.25, 0.3) is 0 Å². The minimum atomic E-state index is 0.296. The Morgan fingerprint density at radius 3 is 2.33 bits per heavy atom. The second kappa shape index (κ2) is 10.8. The topological polar surface area (TPSA) is 21.3 Å². The van der Waals surface area contributed by atoms with Crippen molar-refractivity contribution in [1.82, 2.24) is 5.32 Å². The van der Waals surface area contributed by atoms with E-state index >= 15 is 0 Å². The average molecular weight is 291 g/mol. The van der Waals surface area contributed by atoms with E-state index in [0.717, 1.165) is 19.6 Å². The maximum absolute atomic E-state index is 5.82. The lowest BCUT2D eigenvalue weighted by Crippen LogP contribution is -2.22. The molecule has 1 aromatic rings. The van der Waals surface area contributed by atoms with E-state index in [1.54, 1.807) is 0 Å². The Labute approximate surface area is 131 Å². The van der Waals surface area contributed by atoms with Crippen molar-refractivity contribution in [2.45, 2.75) is 58.9 Å². The lowest BCUT2D eigenvalue weighted by atomic mass is 10.00. The number of rotatable bonds is 11. The Morgan fingerprint density at radius 1 is 1.05 bits per heavy atom. The standard InChI is InChI=1S/C19H33NO/c1-5-6-7-8-13-21-15-19(20-4)18-11-9-17(10-12-18)14-16(2)3/h9-12,16,19-20H,5-8,13-15H2,1-4H3. The molecule has 21 heavy (non-hydrogen) atoms. The predicted octanol–water partition coefficient (Wildman–Crippen LogP) is 4.74. The van der Waals surface area contributed by atoms with Crippen LogP contribution in [0.15, 0.2) is 24.3 Å². The molecule has 2 heteroatoms. The highest BCUT2D eigenvalue weighted by Gasteiger charge is 2.09. The summed E-state index contributed by atoms with van der Waals surface area (Å²) in [6, 6.07) is 9.27. The molecule has 1 N–H and O–H groups in total. The quantitative estimate of drug-likeness (QED) is 0.594. The van der Waals surface area contributed by atoms with Gasteiger partial charge in [0.15, 0.2) is 0 Å². The van der Waals surface area contributed by atoms with E-state index in [2.05, 4.69) is 50.4 Å². The molecule has 0 radical (unpaired) electrons. The van der Waals surface area contributed by atoms with Gasteiger partial charge >= 0.3 is 0 Å². The van der Waals surface area contributed by atoms with Crippen LogP contribution in [0.4, 0.5) is 0 Å². The molecule has 1 atom stereocenters. The van der Waals surface area contributed by atoms with Gasteiger partial charge < -0.3 is 10.1 Å². The summed E-state index contributed by atoms with van der Waals surface area (Å²) in [5.74, 6) is 0.711. The van der Waals surface area contributed by atoms with Crippen LogP contribution in [0.2, 0.25) is 0 Å². The first kappa shape index (κ1) is 18.2. The summed E-state index contributed by atoms with van der Waals surface area (Å²) in [5.41, 5.74) is 2.74. The number of nitrogens with one attached hydrogen (secondary N) is 1. The van der Waals surface area contributed by atoms with Crippen molar-refractivity contribution in [2.75, 3.05) is 20.3 Å². The van der Waals surface area contributed by atoms with Crippen molar-refractivity contribution in [3.05, 3.63) is 35.4 Å². The first-order valence-corrected chi connectivity index (χ1v) is 8.51. The number of ether oxygens (including phenoxy) is 1. The highest BCUT2D eigenvalue weighted by molar-refractivity contribution is 5.25. The molecule has 0 bridgehead atoms. The monoisotopic (exact) mass is 291 g/mol. The van der Waals surface area contributed by atoms with Gasteiger partial charge in [0.1, 0.15) is 0 Å². The van der Waals surface area contributed by atoms with Gasteiger partial charge in [0, 0.05) is 6.61 Å². The van der Waals surface area contributed by atoms with Crippen LogP contribution in [0, 0.1) is 5.92 Å². The van der Waals surface area contributed by atoms with Gasteiger partial charge in [0.25, 0.3) is 0 Å². The fraction of sp³-hybridized carbons (Fsp3) is 0.684. The summed E-state index contributed by atoms with van der Waals surface area (Å²) in [7, 11) is 2.01. The molecule has 1 rings (SSSR count). The SMILES string of the molecule is CCCCCCOCC(NC)c1ccc(CC(C)C)cc1. The van der Waals surface area contributed by atoms with Crippen LogP contribution in [-0.2, 0) is 11.2 Å². The molecule has 0 aliphatic rings. The molecule has 0 spiro atoms. The molecule has 120 valence electrons. The maximum Gasteiger partial charge on any atom is 0.0661 e. The third kappa shape index (κ3) is 7.63. The molecule has 0 saturated heterocycles. The minimum Gasteiger partial charge on any atom is -0.379 e. The van der Waals surface area contributed by atoms with E-state index in [4.69, 9.17) is 4.74 Å². The number of hydrogen-bond donors (Lipinski definition) is 1. The zero-order valence-corrected chi connectivity index (χ0v) is 14.3. The number of hydrogen-bond acceptors (Lipinski definition) is 2. The molecule has 0 amide bonds. The van der Waals surface area contributed by atoms with E-state index < -0.39 is 0 Å². The highest BCUT2D eigenvalue weighted by Crippen LogP contribution is 2.16. The molecule has 0 aromatic heterocycles. The summed E-state index contributed by atoms with van der Waals surface area (Å²) in [6.45, 7) is 8.39. The molecule has 1 aromatic carbocycles. The summed E-state index contributed by atoms with van der Waals surface area (Å²) < 4.78 is 5.82. The van der Waals surface area contributed by atoms with Gasteiger partial charge in [0.05, 0.1) is 12.6 Å². The fourth-order valence-corrected chi connectivity index (χ4v) is 2.54. The van der Waals surface area contributed by atoms with Crippen molar-refractivity contribution in [3.63, 3.8) is 0 Å². The molecular weight excluding hydrogens is 258 g/mol. The minimum absolute atomic E-state index is 0.296. The Hall–Kier alpha value is -0.860. The van der Waals surface area contributed by atoms with Gasteiger partial charge in [-0.15, -0.1) is 0 Å². The zero-order valence-electron chi connectivity index (χ0n) is 14.3. The van der Waals surface area contributed by atoms with Crippen LogP contribution in [0.1, 0.15) is 63.6 Å². The third-order valence-electron chi connectivity index (χ3n) is 3.80. The fourth-order valence-electron chi connectivity index (χ4n) is 2.54. The molecule has 1 unspecified atom stereocenters. The van der Waals surface area contributed by atoms with Gasteiger partial charge in [0.2, 0.25) is 0 Å². The summed E-state index contributed by atoms with van der Waals surface area (Å²) >= 11 is 0. The van der Waals surface area contributed by atoms with Gasteiger partial charge in [-0.1, -0.05) is 64.3 Å². The molecule has 0 aliphatic carbocycles. The Morgan fingerprint density at radius 2 is 1.76 bits per heavy atom. The van der Waals surface area contributed by atoms with Crippen molar-refractivity contribution in [1.29, 1.82) is 0 Å². The van der Waals surface area contributed by atoms with E-state index in [0.29, 0.717) is 12.0 Å². The van der Waals surface area contributed by atoms with Gasteiger partial charge in [-0.05, 0) is 36.9 Å². The van der Waals surface area contributed by atoms with Crippen LogP contribution in [-0.4, -0.2) is 20.3 Å². The molecule has 0 fully saturated rings. The van der Waals surface area contributed by atoms with E-state index in [-0.39, 0.29) is 0 Å². The molecular formula is C19H33NO. The van der Waals surface area contributed by atoms with Crippen molar-refractivity contribution in [3.8, 4) is 0 Å². The van der Waals surface area contributed by atoms with Crippen LogP contribution >= 0.6 is 0 Å². The summed E-state index contributed by atoms with van der Waals surface area (Å²) in [4.78, 5) is 0. The van der Waals surface area contributed by atoms with E-state index in [1.165, 1.54) is 36.8 Å². The van der Waals surface area contributed by atoms with Crippen molar-refractivity contribution in [2.24, 2.45) is 5.92 Å². The van der Waals surface area contributed by atoms with Crippen LogP contribution in [0.5, 0.6) is 0 Å². The van der Waals surface area contributed by atoms with Crippen LogP contribution in [0.3, 0.4) is 0 Å². The molecule has 0 aliphatic heterocycles. The smallest absolute Gasteiger partial charge is 0.0661 e. The lowest BCUT2D eigenvalue weighted by molar-refractivity contribution is 0.110. The number of likely N-dealkylation sites (N-methyl/N-ethyl adjacent to an activating group) is 1. The lowest BCUT2D eigenvalue weighted by Gasteiger charge is -2.17. The second-order valence-corrected chi connectivity index (χ2v) is 6.32. The molecule has 2 nitrogen and oxygen atoms in total. The van der Waals surface area contributed by atoms with Crippen LogP contribution < -0.4 is 5.32 Å². The Kier molecular flexibility index (Phi) is 9.36. The van der Waals surface area contributed by atoms with Gasteiger partial charge in [-0.3, -0.25) is 0 Å². The second-order valence-electron chi connectivity index (χ2n) is 6.32. The Balaban J connectivity index is 2.37. The largest absolute Gasteiger partial charge is 0.379 e.